The Balaban J connectivity index is 0.000000236. The molecule has 1 aromatic heterocycles. The van der Waals surface area contributed by atoms with Gasteiger partial charge in [-0.2, -0.15) is 0 Å². The summed E-state index contributed by atoms with van der Waals surface area (Å²) in [6.45, 7) is 11.7. The Bertz CT molecular complexity index is 893. The van der Waals surface area contributed by atoms with Gasteiger partial charge in [-0.05, 0) is 67.6 Å². The van der Waals surface area contributed by atoms with E-state index in [0.717, 1.165) is 13.0 Å². The molecule has 0 N–H and O–H groups in total. The van der Waals surface area contributed by atoms with Crippen LogP contribution in [0.3, 0.4) is 0 Å². The summed E-state index contributed by atoms with van der Waals surface area (Å²) >= 11 is 0. The molecular formula is C26H32N2. The molecule has 1 saturated heterocycles. The Labute approximate surface area is 169 Å². The summed E-state index contributed by atoms with van der Waals surface area (Å²) in [5, 5.41) is 1.31. The normalized spacial score (nSPS) is 14.4. The molecule has 0 unspecified atom stereocenters. The minimum Gasteiger partial charge on any atom is -0.299 e. The molecule has 3 aromatic rings. The number of hydrogen-bond acceptors (Lipinski definition) is 2. The highest BCUT2D eigenvalue weighted by atomic mass is 15.1. The molecule has 1 fully saturated rings. The lowest BCUT2D eigenvalue weighted by Crippen LogP contribution is -2.29. The van der Waals surface area contributed by atoms with Gasteiger partial charge < -0.3 is 0 Å². The third-order valence-corrected chi connectivity index (χ3v) is 5.53. The Morgan fingerprint density at radius 1 is 1.04 bits per heavy atom. The first-order valence-electron chi connectivity index (χ1n) is 10.5. The number of aromatic nitrogens is 1. The van der Waals surface area contributed by atoms with Crippen LogP contribution in [0.4, 0.5) is 0 Å². The van der Waals surface area contributed by atoms with Gasteiger partial charge in [-0.25, -0.2) is 0 Å². The van der Waals surface area contributed by atoms with Crippen LogP contribution in [0.15, 0.2) is 61.3 Å². The van der Waals surface area contributed by atoms with Crippen molar-refractivity contribution in [2.45, 2.75) is 46.1 Å². The van der Waals surface area contributed by atoms with Gasteiger partial charge in [0.2, 0.25) is 0 Å². The van der Waals surface area contributed by atoms with E-state index in [-0.39, 0.29) is 0 Å². The van der Waals surface area contributed by atoms with Crippen molar-refractivity contribution in [1.82, 2.24) is 9.88 Å². The minimum atomic E-state index is 1.07. The highest BCUT2D eigenvalue weighted by Gasteiger charge is 2.15. The van der Waals surface area contributed by atoms with Crippen LogP contribution in [0.25, 0.3) is 17.0 Å². The van der Waals surface area contributed by atoms with E-state index in [2.05, 4.69) is 42.4 Å². The number of pyridine rings is 1. The van der Waals surface area contributed by atoms with Gasteiger partial charge in [-0.15, -0.1) is 0 Å². The maximum atomic E-state index is 4.65. The standard InChI is InChI=1S/C18H24N2.C8H8/c1-3-16-15(13-20-10-5-4-6-11-20)12-14(2)17-8-7-9-19-18(16)17;1-2-8-6-4-3-5-7-8/h7-9,12H,3-6,10-11,13H2,1-2H3;2-7H,1H2. The molecule has 0 spiro atoms. The minimum absolute atomic E-state index is 1.07. The van der Waals surface area contributed by atoms with Crippen LogP contribution in [0.2, 0.25) is 0 Å². The van der Waals surface area contributed by atoms with Crippen LogP contribution in [-0.4, -0.2) is 23.0 Å². The lowest BCUT2D eigenvalue weighted by Gasteiger charge is -2.27. The van der Waals surface area contributed by atoms with Gasteiger partial charge in [0.05, 0.1) is 5.52 Å². The van der Waals surface area contributed by atoms with E-state index >= 15 is 0 Å². The summed E-state index contributed by atoms with van der Waals surface area (Å²) in [6.07, 6.45) is 8.93. The molecule has 1 aliphatic rings. The predicted octanol–water partition coefficient (Wildman–Crippen LogP) is 6.42. The van der Waals surface area contributed by atoms with E-state index in [4.69, 9.17) is 0 Å². The number of hydrogen-bond donors (Lipinski definition) is 0. The Morgan fingerprint density at radius 3 is 2.43 bits per heavy atom. The molecule has 1 aliphatic heterocycles. The van der Waals surface area contributed by atoms with Gasteiger partial charge in [0.25, 0.3) is 0 Å². The number of nitrogens with zero attached hydrogens (tertiary/aromatic N) is 2. The van der Waals surface area contributed by atoms with Crippen molar-refractivity contribution in [3.8, 4) is 0 Å². The fourth-order valence-electron chi connectivity index (χ4n) is 4.03. The number of rotatable bonds is 4. The van der Waals surface area contributed by atoms with Crippen LogP contribution in [0, 0.1) is 6.92 Å². The van der Waals surface area contributed by atoms with Crippen molar-refractivity contribution >= 4 is 17.0 Å². The highest BCUT2D eigenvalue weighted by Crippen LogP contribution is 2.26. The van der Waals surface area contributed by atoms with E-state index in [1.54, 1.807) is 0 Å². The second-order valence-electron chi connectivity index (χ2n) is 7.54. The molecule has 0 aliphatic carbocycles. The molecule has 0 radical (unpaired) electrons. The maximum absolute atomic E-state index is 4.65. The van der Waals surface area contributed by atoms with Gasteiger partial charge in [0.1, 0.15) is 0 Å². The molecule has 2 heteroatoms. The van der Waals surface area contributed by atoms with E-state index in [0.29, 0.717) is 0 Å². The van der Waals surface area contributed by atoms with Gasteiger partial charge in [0.15, 0.2) is 0 Å². The van der Waals surface area contributed by atoms with Crippen molar-refractivity contribution in [3.05, 3.63) is 83.6 Å². The Morgan fingerprint density at radius 2 is 1.79 bits per heavy atom. The van der Waals surface area contributed by atoms with Crippen LogP contribution in [0.5, 0.6) is 0 Å². The van der Waals surface area contributed by atoms with Gasteiger partial charge in [0, 0.05) is 18.1 Å². The quantitative estimate of drug-likeness (QED) is 0.525. The Hall–Kier alpha value is -2.45. The average Bonchev–Trinajstić information content (AvgIpc) is 2.76. The highest BCUT2D eigenvalue weighted by molar-refractivity contribution is 5.86. The fourth-order valence-corrected chi connectivity index (χ4v) is 4.03. The topological polar surface area (TPSA) is 16.1 Å². The van der Waals surface area contributed by atoms with Crippen LogP contribution < -0.4 is 0 Å². The molecule has 2 heterocycles. The number of likely N-dealkylation sites (tertiary alicyclic amines) is 1. The molecule has 28 heavy (non-hydrogen) atoms. The van der Waals surface area contributed by atoms with Crippen molar-refractivity contribution in [2.75, 3.05) is 13.1 Å². The molecule has 2 nitrogen and oxygen atoms in total. The monoisotopic (exact) mass is 372 g/mol. The smallest absolute Gasteiger partial charge is 0.0739 e. The lowest BCUT2D eigenvalue weighted by atomic mass is 9.96. The third-order valence-electron chi connectivity index (χ3n) is 5.53. The van der Waals surface area contributed by atoms with Crippen LogP contribution >= 0.6 is 0 Å². The number of aryl methyl sites for hydroxylation is 2. The second kappa shape index (κ2) is 10.2. The predicted molar refractivity (Wildman–Crippen MR) is 122 cm³/mol. The molecule has 4 rings (SSSR count). The zero-order valence-electron chi connectivity index (χ0n) is 17.3. The number of fused-ring (bicyclic) bond motifs is 1. The van der Waals surface area contributed by atoms with Crippen molar-refractivity contribution < 1.29 is 0 Å². The molecule has 2 aromatic carbocycles. The van der Waals surface area contributed by atoms with Crippen LogP contribution in [-0.2, 0) is 13.0 Å². The number of piperidine rings is 1. The molecule has 0 atom stereocenters. The molecule has 0 amide bonds. The summed E-state index contributed by atoms with van der Waals surface area (Å²) in [5.74, 6) is 0. The summed E-state index contributed by atoms with van der Waals surface area (Å²) in [5.41, 5.74) is 6.67. The number of benzene rings is 2. The average molecular weight is 373 g/mol. The molecule has 0 bridgehead atoms. The van der Waals surface area contributed by atoms with Crippen molar-refractivity contribution in [1.29, 1.82) is 0 Å². The van der Waals surface area contributed by atoms with Gasteiger partial charge >= 0.3 is 0 Å². The summed E-state index contributed by atoms with van der Waals surface area (Å²) in [7, 11) is 0. The third kappa shape index (κ3) is 5.08. The first kappa shape index (κ1) is 20.3. The largest absolute Gasteiger partial charge is 0.299 e. The second-order valence-corrected chi connectivity index (χ2v) is 7.54. The molecule has 146 valence electrons. The zero-order chi connectivity index (χ0) is 19.8. The van der Waals surface area contributed by atoms with E-state index < -0.39 is 0 Å². The SMILES string of the molecule is C=Cc1ccccc1.CCc1c(CN2CCCCC2)cc(C)c2cccnc12. The molecule has 0 saturated carbocycles. The summed E-state index contributed by atoms with van der Waals surface area (Å²) in [4.78, 5) is 7.25. The first-order valence-corrected chi connectivity index (χ1v) is 10.5. The van der Waals surface area contributed by atoms with E-state index in [1.807, 2.05) is 48.7 Å². The fraction of sp³-hybridized carbons (Fsp3) is 0.346. The van der Waals surface area contributed by atoms with Gasteiger partial charge in [-0.1, -0.05) is 68.5 Å². The first-order chi connectivity index (χ1) is 13.7. The van der Waals surface area contributed by atoms with E-state index in [1.165, 1.54) is 65.5 Å². The zero-order valence-corrected chi connectivity index (χ0v) is 17.3. The lowest BCUT2D eigenvalue weighted by molar-refractivity contribution is 0.220. The Kier molecular flexibility index (Phi) is 7.39. The van der Waals surface area contributed by atoms with E-state index in [9.17, 15) is 0 Å². The molecular weight excluding hydrogens is 340 g/mol. The van der Waals surface area contributed by atoms with Crippen LogP contribution in [0.1, 0.15) is 48.4 Å². The summed E-state index contributed by atoms with van der Waals surface area (Å²) < 4.78 is 0. The summed E-state index contributed by atoms with van der Waals surface area (Å²) in [6, 6.07) is 16.7. The maximum Gasteiger partial charge on any atom is 0.0739 e. The van der Waals surface area contributed by atoms with Gasteiger partial charge in [-0.3, -0.25) is 9.88 Å². The van der Waals surface area contributed by atoms with Crippen molar-refractivity contribution in [2.24, 2.45) is 0 Å². The van der Waals surface area contributed by atoms with Crippen molar-refractivity contribution in [3.63, 3.8) is 0 Å².